The van der Waals surface area contributed by atoms with Crippen LogP contribution in [0.1, 0.15) is 15.9 Å². The molecule has 0 saturated carbocycles. The standard InChI is InChI=1S/C14H12F2N2O3/c15-10-5-11(16)12(4-9(10)14(17)21)18-6-7-1-2-8(19)3-13(7)20/h1-5,18-20H,6H2,(H2,17,21). The van der Waals surface area contributed by atoms with Crippen molar-refractivity contribution in [3.8, 4) is 11.5 Å². The Kier molecular flexibility index (Phi) is 3.93. The highest BCUT2D eigenvalue weighted by molar-refractivity contribution is 5.94. The van der Waals surface area contributed by atoms with E-state index in [0.717, 1.165) is 12.1 Å². The maximum Gasteiger partial charge on any atom is 0.251 e. The monoisotopic (exact) mass is 294 g/mol. The first kappa shape index (κ1) is 14.6. The van der Waals surface area contributed by atoms with Gasteiger partial charge in [-0.2, -0.15) is 0 Å². The van der Waals surface area contributed by atoms with Crippen LogP contribution < -0.4 is 11.1 Å². The summed E-state index contributed by atoms with van der Waals surface area (Å²) in [6.07, 6.45) is 0. The first-order valence-corrected chi connectivity index (χ1v) is 5.92. The van der Waals surface area contributed by atoms with E-state index in [1.807, 2.05) is 0 Å². The number of nitrogens with two attached hydrogens (primary N) is 1. The molecule has 0 unspecified atom stereocenters. The molecule has 0 saturated heterocycles. The number of halogens is 2. The maximum atomic E-state index is 13.6. The largest absolute Gasteiger partial charge is 0.508 e. The number of rotatable bonds is 4. The molecule has 0 aliphatic carbocycles. The van der Waals surface area contributed by atoms with Crippen LogP contribution in [0, 0.1) is 11.6 Å². The third-order valence-corrected chi connectivity index (χ3v) is 2.86. The molecule has 21 heavy (non-hydrogen) atoms. The number of anilines is 1. The van der Waals surface area contributed by atoms with E-state index in [4.69, 9.17) is 10.8 Å². The van der Waals surface area contributed by atoms with Crippen molar-refractivity contribution < 1.29 is 23.8 Å². The average molecular weight is 294 g/mol. The van der Waals surface area contributed by atoms with Gasteiger partial charge in [-0.1, -0.05) is 0 Å². The van der Waals surface area contributed by atoms with Crippen molar-refractivity contribution in [1.82, 2.24) is 0 Å². The first-order valence-electron chi connectivity index (χ1n) is 5.92. The third kappa shape index (κ3) is 3.19. The molecule has 2 aromatic carbocycles. The van der Waals surface area contributed by atoms with Gasteiger partial charge in [-0.3, -0.25) is 4.79 Å². The van der Waals surface area contributed by atoms with Crippen LogP contribution in [-0.4, -0.2) is 16.1 Å². The van der Waals surface area contributed by atoms with Crippen LogP contribution in [0.15, 0.2) is 30.3 Å². The second-order valence-electron chi connectivity index (χ2n) is 4.34. The Balaban J connectivity index is 2.23. The lowest BCUT2D eigenvalue weighted by Gasteiger charge is -2.11. The highest BCUT2D eigenvalue weighted by atomic mass is 19.1. The molecule has 110 valence electrons. The summed E-state index contributed by atoms with van der Waals surface area (Å²) in [5.74, 6) is -3.24. The van der Waals surface area contributed by atoms with Crippen LogP contribution in [0.25, 0.3) is 0 Å². The molecule has 7 heteroatoms. The Bertz CT molecular complexity index is 705. The van der Waals surface area contributed by atoms with Gasteiger partial charge in [-0.25, -0.2) is 8.78 Å². The molecule has 0 aromatic heterocycles. The predicted molar refractivity (Wildman–Crippen MR) is 72.0 cm³/mol. The van der Waals surface area contributed by atoms with Crippen LogP contribution >= 0.6 is 0 Å². The van der Waals surface area contributed by atoms with E-state index < -0.39 is 23.1 Å². The molecule has 0 fully saturated rings. The lowest BCUT2D eigenvalue weighted by molar-refractivity contribution is 0.0996. The van der Waals surface area contributed by atoms with E-state index in [1.54, 1.807) is 0 Å². The number of phenols is 2. The van der Waals surface area contributed by atoms with Gasteiger partial charge in [0.15, 0.2) is 0 Å². The zero-order valence-electron chi connectivity index (χ0n) is 10.7. The summed E-state index contributed by atoms with van der Waals surface area (Å²) in [5, 5.41) is 21.4. The van der Waals surface area contributed by atoms with Crippen molar-refractivity contribution in [1.29, 1.82) is 0 Å². The number of benzene rings is 2. The van der Waals surface area contributed by atoms with Crippen molar-refractivity contribution in [2.75, 3.05) is 5.32 Å². The number of amides is 1. The van der Waals surface area contributed by atoms with Crippen LogP contribution in [0.2, 0.25) is 0 Å². The fourth-order valence-corrected chi connectivity index (χ4v) is 1.77. The minimum absolute atomic E-state index is 0.00681. The van der Waals surface area contributed by atoms with Crippen molar-refractivity contribution in [2.45, 2.75) is 6.54 Å². The number of carbonyl (C=O) groups is 1. The summed E-state index contributed by atoms with van der Waals surface area (Å²) in [7, 11) is 0. The molecule has 0 aliphatic rings. The lowest BCUT2D eigenvalue weighted by Crippen LogP contribution is -2.14. The molecular formula is C14H12F2N2O3. The van der Waals surface area contributed by atoms with Crippen LogP contribution in [0.5, 0.6) is 11.5 Å². The Labute approximate surface area is 118 Å². The maximum absolute atomic E-state index is 13.6. The number of hydrogen-bond acceptors (Lipinski definition) is 4. The molecule has 5 N–H and O–H groups in total. The highest BCUT2D eigenvalue weighted by Crippen LogP contribution is 2.25. The molecule has 0 atom stereocenters. The van der Waals surface area contributed by atoms with E-state index in [1.165, 1.54) is 12.1 Å². The van der Waals surface area contributed by atoms with Gasteiger partial charge in [-0.15, -0.1) is 0 Å². The summed E-state index contributed by atoms with van der Waals surface area (Å²) >= 11 is 0. The average Bonchev–Trinajstić information content (AvgIpc) is 2.39. The van der Waals surface area contributed by atoms with E-state index in [-0.39, 0.29) is 23.7 Å². The van der Waals surface area contributed by atoms with Crippen molar-refractivity contribution in [3.05, 3.63) is 53.1 Å². The van der Waals surface area contributed by atoms with Crippen LogP contribution in [0.4, 0.5) is 14.5 Å². The first-order chi connectivity index (χ1) is 9.88. The molecular weight excluding hydrogens is 282 g/mol. The van der Waals surface area contributed by atoms with E-state index in [9.17, 15) is 18.7 Å². The lowest BCUT2D eigenvalue weighted by atomic mass is 10.1. The van der Waals surface area contributed by atoms with Gasteiger partial charge in [0.2, 0.25) is 0 Å². The van der Waals surface area contributed by atoms with Gasteiger partial charge in [0, 0.05) is 24.2 Å². The van der Waals surface area contributed by atoms with Crippen molar-refractivity contribution in [2.24, 2.45) is 5.73 Å². The van der Waals surface area contributed by atoms with Crippen molar-refractivity contribution in [3.63, 3.8) is 0 Å². The summed E-state index contributed by atoms with van der Waals surface area (Å²) in [4.78, 5) is 11.0. The molecule has 2 rings (SSSR count). The number of aromatic hydroxyl groups is 2. The molecule has 1 amide bonds. The Morgan fingerprint density at radius 2 is 1.86 bits per heavy atom. The minimum atomic E-state index is -1.04. The minimum Gasteiger partial charge on any atom is -0.508 e. The second kappa shape index (κ2) is 5.66. The van der Waals surface area contributed by atoms with Gasteiger partial charge in [-0.05, 0) is 18.2 Å². The fourth-order valence-electron chi connectivity index (χ4n) is 1.77. The second-order valence-corrected chi connectivity index (χ2v) is 4.34. The molecule has 0 heterocycles. The fraction of sp³-hybridized carbons (Fsp3) is 0.0714. The Morgan fingerprint density at radius 3 is 2.48 bits per heavy atom. The number of hydrogen-bond donors (Lipinski definition) is 4. The van der Waals surface area contributed by atoms with Gasteiger partial charge < -0.3 is 21.3 Å². The van der Waals surface area contributed by atoms with Crippen LogP contribution in [-0.2, 0) is 6.54 Å². The molecule has 0 spiro atoms. The molecule has 0 bridgehead atoms. The molecule has 0 radical (unpaired) electrons. The number of phenolic OH excluding ortho intramolecular Hbond substituents is 2. The molecule has 2 aromatic rings. The van der Waals surface area contributed by atoms with E-state index >= 15 is 0 Å². The van der Waals surface area contributed by atoms with E-state index in [2.05, 4.69) is 5.32 Å². The van der Waals surface area contributed by atoms with Crippen molar-refractivity contribution >= 4 is 11.6 Å². The predicted octanol–water partition coefficient (Wildman–Crippen LogP) is 2.09. The zero-order chi connectivity index (χ0) is 15.6. The Hall–Kier alpha value is -2.83. The topological polar surface area (TPSA) is 95.6 Å². The summed E-state index contributed by atoms with van der Waals surface area (Å²) < 4.78 is 26.9. The Morgan fingerprint density at radius 1 is 1.14 bits per heavy atom. The summed E-state index contributed by atoms with van der Waals surface area (Å²) in [5.41, 5.74) is 4.81. The van der Waals surface area contributed by atoms with Crippen LogP contribution in [0.3, 0.4) is 0 Å². The zero-order valence-corrected chi connectivity index (χ0v) is 10.7. The summed E-state index contributed by atoms with van der Waals surface area (Å²) in [6, 6.07) is 5.44. The van der Waals surface area contributed by atoms with Gasteiger partial charge >= 0.3 is 0 Å². The van der Waals surface area contributed by atoms with Gasteiger partial charge in [0.05, 0.1) is 11.3 Å². The molecule has 5 nitrogen and oxygen atoms in total. The SMILES string of the molecule is NC(=O)c1cc(NCc2ccc(O)cc2O)c(F)cc1F. The number of carbonyl (C=O) groups excluding carboxylic acids is 1. The highest BCUT2D eigenvalue weighted by Gasteiger charge is 2.14. The number of nitrogens with one attached hydrogen (secondary N) is 1. The summed E-state index contributed by atoms with van der Waals surface area (Å²) in [6.45, 7) is 0.00681. The molecule has 0 aliphatic heterocycles. The van der Waals surface area contributed by atoms with Gasteiger partial charge in [0.25, 0.3) is 5.91 Å². The normalized spacial score (nSPS) is 10.4. The van der Waals surface area contributed by atoms with E-state index in [0.29, 0.717) is 11.6 Å². The quantitative estimate of drug-likeness (QED) is 0.694. The third-order valence-electron chi connectivity index (χ3n) is 2.86. The smallest absolute Gasteiger partial charge is 0.251 e. The van der Waals surface area contributed by atoms with Gasteiger partial charge in [0.1, 0.15) is 23.1 Å². The number of primary amides is 1.